The number of carbonyl (C=O) groups is 1. The highest BCUT2D eigenvalue weighted by molar-refractivity contribution is 5.85. The summed E-state index contributed by atoms with van der Waals surface area (Å²) in [5, 5.41) is 15.0. The van der Waals surface area contributed by atoms with Crippen LogP contribution in [0.2, 0.25) is 0 Å². The lowest BCUT2D eigenvalue weighted by molar-refractivity contribution is 0.241. The number of amidine groups is 1. The fraction of sp³-hybridized carbons (Fsp3) is 0.385. The Balaban J connectivity index is 1.67. The van der Waals surface area contributed by atoms with E-state index >= 15 is 0 Å². The maximum atomic E-state index is 11.6. The highest BCUT2D eigenvalue weighted by Crippen LogP contribution is 2.04. The van der Waals surface area contributed by atoms with Crippen molar-refractivity contribution in [2.75, 3.05) is 25.4 Å². The van der Waals surface area contributed by atoms with E-state index in [-0.39, 0.29) is 12.6 Å². The van der Waals surface area contributed by atoms with Gasteiger partial charge in [-0.15, -0.1) is 0 Å². The molecule has 2 rings (SSSR count). The van der Waals surface area contributed by atoms with Crippen LogP contribution in [-0.2, 0) is 6.54 Å². The Morgan fingerprint density at radius 1 is 1.35 bits per heavy atom. The summed E-state index contributed by atoms with van der Waals surface area (Å²) in [6.45, 7) is 2.33. The van der Waals surface area contributed by atoms with Crippen LogP contribution in [0.25, 0.3) is 0 Å². The van der Waals surface area contributed by atoms with Gasteiger partial charge in [0.2, 0.25) is 0 Å². The molecule has 0 aromatic heterocycles. The molecule has 0 spiro atoms. The third-order valence-corrected chi connectivity index (χ3v) is 3.04. The van der Waals surface area contributed by atoms with Crippen LogP contribution < -0.4 is 21.8 Å². The molecule has 7 nitrogen and oxygen atoms in total. The Bertz CT molecular complexity index is 466. The number of nitrogen functional groups attached to an aromatic ring is 1. The average Bonchev–Trinajstić information content (AvgIpc) is 2.98. The maximum Gasteiger partial charge on any atom is 0.315 e. The smallest absolute Gasteiger partial charge is 0.315 e. The predicted octanol–water partition coefficient (Wildman–Crippen LogP) is 0.256. The van der Waals surface area contributed by atoms with E-state index < -0.39 is 0 Å². The first kappa shape index (κ1) is 14.1. The lowest BCUT2D eigenvalue weighted by Gasteiger charge is -2.18. The van der Waals surface area contributed by atoms with Gasteiger partial charge < -0.3 is 16.4 Å². The number of carbonyl (C=O) groups excluding carboxylic acids is 1. The average molecular weight is 276 g/mol. The predicted molar refractivity (Wildman–Crippen MR) is 78.1 cm³/mol. The zero-order valence-electron chi connectivity index (χ0n) is 11.3. The summed E-state index contributed by atoms with van der Waals surface area (Å²) in [6, 6.07) is 7.04. The van der Waals surface area contributed by atoms with Crippen LogP contribution in [0.4, 0.5) is 10.5 Å². The summed E-state index contributed by atoms with van der Waals surface area (Å²) in [5.41, 5.74) is 10.3. The Morgan fingerprint density at radius 2 is 2.10 bits per heavy atom. The molecule has 0 aliphatic carbocycles. The van der Waals surface area contributed by atoms with Crippen LogP contribution in [-0.4, -0.2) is 36.5 Å². The summed E-state index contributed by atoms with van der Waals surface area (Å²) in [7, 11) is 0. The first-order valence-corrected chi connectivity index (χ1v) is 6.60. The third-order valence-electron chi connectivity index (χ3n) is 3.04. The van der Waals surface area contributed by atoms with Gasteiger partial charge in [-0.2, -0.15) is 0 Å². The fourth-order valence-electron chi connectivity index (χ4n) is 1.90. The fourth-order valence-corrected chi connectivity index (χ4v) is 1.90. The lowest BCUT2D eigenvalue weighted by atomic mass is 10.2. The number of hydrogen-bond acceptors (Lipinski definition) is 4. The minimum Gasteiger partial charge on any atom is -0.399 e. The molecule has 0 bridgehead atoms. The van der Waals surface area contributed by atoms with Gasteiger partial charge in [0.05, 0.1) is 6.54 Å². The van der Waals surface area contributed by atoms with Gasteiger partial charge in [-0.25, -0.2) is 10.2 Å². The van der Waals surface area contributed by atoms with Gasteiger partial charge >= 0.3 is 6.03 Å². The molecule has 1 aromatic rings. The molecule has 2 amide bonds. The number of nitrogens with one attached hydrogen (secondary N) is 4. The molecule has 1 aromatic carbocycles. The second-order valence-corrected chi connectivity index (χ2v) is 4.64. The van der Waals surface area contributed by atoms with Crippen molar-refractivity contribution in [3.8, 4) is 0 Å². The largest absolute Gasteiger partial charge is 0.399 e. The van der Waals surface area contributed by atoms with Crippen molar-refractivity contribution in [3.05, 3.63) is 29.8 Å². The molecular weight excluding hydrogens is 256 g/mol. The number of rotatable bonds is 4. The van der Waals surface area contributed by atoms with Crippen molar-refractivity contribution in [1.82, 2.24) is 21.1 Å². The Kier molecular flexibility index (Phi) is 4.78. The van der Waals surface area contributed by atoms with E-state index in [0.717, 1.165) is 25.1 Å². The molecule has 108 valence electrons. The molecule has 0 unspecified atom stereocenters. The second kappa shape index (κ2) is 6.76. The van der Waals surface area contributed by atoms with Gasteiger partial charge in [0, 0.05) is 25.3 Å². The lowest BCUT2D eigenvalue weighted by Crippen LogP contribution is -2.45. The molecule has 20 heavy (non-hydrogen) atoms. The molecule has 0 atom stereocenters. The van der Waals surface area contributed by atoms with Crippen molar-refractivity contribution in [3.63, 3.8) is 0 Å². The molecule has 0 saturated carbocycles. The molecule has 0 radical (unpaired) electrons. The Morgan fingerprint density at radius 3 is 2.75 bits per heavy atom. The van der Waals surface area contributed by atoms with Crippen LogP contribution in [0.1, 0.15) is 12.0 Å². The molecule has 7 heteroatoms. The van der Waals surface area contributed by atoms with Gasteiger partial charge in [-0.1, -0.05) is 12.1 Å². The van der Waals surface area contributed by atoms with Crippen LogP contribution in [0, 0.1) is 5.41 Å². The van der Waals surface area contributed by atoms with E-state index in [2.05, 4.69) is 16.1 Å². The van der Waals surface area contributed by atoms with Crippen molar-refractivity contribution in [2.45, 2.75) is 13.0 Å². The number of amides is 2. The van der Waals surface area contributed by atoms with Crippen LogP contribution in [0.15, 0.2) is 24.3 Å². The Labute approximate surface area is 118 Å². The van der Waals surface area contributed by atoms with Crippen molar-refractivity contribution >= 4 is 17.6 Å². The number of benzene rings is 1. The number of hydrogen-bond donors (Lipinski definition) is 5. The van der Waals surface area contributed by atoms with Crippen molar-refractivity contribution in [2.24, 2.45) is 0 Å². The van der Waals surface area contributed by atoms with Gasteiger partial charge in [-0.3, -0.25) is 10.4 Å². The number of nitrogens with zero attached hydrogens (tertiary/aromatic N) is 1. The molecule has 1 aliphatic heterocycles. The first-order chi connectivity index (χ1) is 9.65. The van der Waals surface area contributed by atoms with E-state index in [9.17, 15) is 4.79 Å². The standard InChI is InChI=1S/C13H20N6O/c14-11-4-2-10(3-5-11)8-16-13(20)17-9-12(15)19-7-1-6-18-19/h2-5,15,18H,1,6-9,14H2,(H2,16,17,20). The van der Waals surface area contributed by atoms with Crippen molar-refractivity contribution < 1.29 is 4.79 Å². The maximum absolute atomic E-state index is 11.6. The molecule has 1 fully saturated rings. The molecule has 6 N–H and O–H groups in total. The molecule has 1 saturated heterocycles. The number of anilines is 1. The van der Waals surface area contributed by atoms with Gasteiger partial charge in [-0.05, 0) is 24.1 Å². The summed E-state index contributed by atoms with van der Waals surface area (Å²) in [6.07, 6.45) is 1.02. The second-order valence-electron chi connectivity index (χ2n) is 4.64. The molecule has 1 heterocycles. The third kappa shape index (κ3) is 4.13. The first-order valence-electron chi connectivity index (χ1n) is 6.60. The van der Waals surface area contributed by atoms with Crippen LogP contribution in [0.5, 0.6) is 0 Å². The summed E-state index contributed by atoms with van der Waals surface area (Å²) >= 11 is 0. The van der Waals surface area contributed by atoms with E-state index in [1.165, 1.54) is 0 Å². The minimum absolute atomic E-state index is 0.209. The summed E-state index contributed by atoms with van der Waals surface area (Å²) in [4.78, 5) is 11.6. The highest BCUT2D eigenvalue weighted by atomic mass is 16.2. The van der Waals surface area contributed by atoms with Gasteiger partial charge in [0.15, 0.2) is 0 Å². The minimum atomic E-state index is -0.286. The Hall–Kier alpha value is -2.28. The normalized spacial score (nSPS) is 14.1. The topological polar surface area (TPSA) is 106 Å². The van der Waals surface area contributed by atoms with Crippen LogP contribution >= 0.6 is 0 Å². The van der Waals surface area contributed by atoms with Crippen LogP contribution in [0.3, 0.4) is 0 Å². The summed E-state index contributed by atoms with van der Waals surface area (Å²) in [5.74, 6) is 0.366. The number of hydrazine groups is 1. The van der Waals surface area contributed by atoms with E-state index in [4.69, 9.17) is 11.1 Å². The van der Waals surface area contributed by atoms with Gasteiger partial charge in [0.1, 0.15) is 5.84 Å². The number of urea groups is 1. The van der Waals surface area contributed by atoms with Crippen molar-refractivity contribution in [1.29, 1.82) is 5.41 Å². The highest BCUT2D eigenvalue weighted by Gasteiger charge is 2.14. The SMILES string of the molecule is N=C(CNC(=O)NCc1ccc(N)cc1)N1CCCN1. The monoisotopic (exact) mass is 276 g/mol. The number of nitrogens with two attached hydrogens (primary N) is 1. The van der Waals surface area contributed by atoms with E-state index in [0.29, 0.717) is 18.1 Å². The zero-order chi connectivity index (χ0) is 14.4. The zero-order valence-corrected chi connectivity index (χ0v) is 11.3. The van der Waals surface area contributed by atoms with E-state index in [1.807, 2.05) is 12.1 Å². The van der Waals surface area contributed by atoms with Gasteiger partial charge in [0.25, 0.3) is 0 Å². The quantitative estimate of drug-likeness (QED) is 0.309. The van der Waals surface area contributed by atoms with E-state index in [1.54, 1.807) is 17.1 Å². The molecule has 1 aliphatic rings. The summed E-state index contributed by atoms with van der Waals surface area (Å²) < 4.78 is 0. The molecular formula is C13H20N6O.